The molecule has 1 aliphatic heterocycles. The highest BCUT2D eigenvalue weighted by Gasteiger charge is 2.24. The van der Waals surface area contributed by atoms with E-state index in [0.717, 1.165) is 26.2 Å². The van der Waals surface area contributed by atoms with Gasteiger partial charge in [-0.15, -0.1) is 0 Å². The molecule has 1 saturated heterocycles. The minimum absolute atomic E-state index is 0.354. The van der Waals surface area contributed by atoms with Gasteiger partial charge in [0.2, 0.25) is 0 Å². The fourth-order valence-corrected chi connectivity index (χ4v) is 4.70. The Bertz CT molecular complexity index is 653. The van der Waals surface area contributed by atoms with Crippen molar-refractivity contribution in [3.05, 3.63) is 59.7 Å². The Morgan fingerprint density at radius 1 is 0.621 bits per heavy atom. The van der Waals surface area contributed by atoms with E-state index in [4.69, 9.17) is 0 Å². The second kappa shape index (κ2) is 10.7. The molecule has 0 atom stereocenters. The summed E-state index contributed by atoms with van der Waals surface area (Å²) in [6.07, 6.45) is 3.99. The van der Waals surface area contributed by atoms with Crippen molar-refractivity contribution >= 4 is 11.4 Å². The van der Waals surface area contributed by atoms with E-state index in [1.165, 1.54) is 54.9 Å². The molecule has 1 heterocycles. The Labute approximate surface area is 178 Å². The summed E-state index contributed by atoms with van der Waals surface area (Å²) in [7, 11) is 0. The molecule has 0 saturated carbocycles. The van der Waals surface area contributed by atoms with Crippen molar-refractivity contribution in [2.24, 2.45) is 0 Å². The van der Waals surface area contributed by atoms with Crippen molar-refractivity contribution < 1.29 is 0 Å². The Morgan fingerprint density at radius 3 is 1.34 bits per heavy atom. The van der Waals surface area contributed by atoms with E-state index >= 15 is 0 Å². The summed E-state index contributed by atoms with van der Waals surface area (Å²) in [4.78, 5) is 7.51. The van der Waals surface area contributed by atoms with Crippen LogP contribution in [0.1, 0.15) is 64.1 Å². The topological polar surface area (TPSA) is 9.72 Å². The summed E-state index contributed by atoms with van der Waals surface area (Å²) in [5.41, 5.74) is 5.48. The molecule has 158 valence electrons. The molecule has 0 unspecified atom stereocenters. The molecular weight excluding hydrogens is 354 g/mol. The Hall–Kier alpha value is -2.00. The van der Waals surface area contributed by atoms with Gasteiger partial charge in [0.25, 0.3) is 0 Å². The molecule has 3 nitrogen and oxygen atoms in total. The minimum atomic E-state index is 0.354. The maximum absolute atomic E-state index is 2.68. The smallest absolute Gasteiger partial charge is 0.0601 e. The first kappa shape index (κ1) is 21.7. The van der Waals surface area contributed by atoms with Gasteiger partial charge in [0.15, 0.2) is 0 Å². The summed E-state index contributed by atoms with van der Waals surface area (Å²) < 4.78 is 0. The number of anilines is 2. The molecule has 0 amide bonds. The highest BCUT2D eigenvalue weighted by Crippen LogP contribution is 2.33. The van der Waals surface area contributed by atoms with Gasteiger partial charge >= 0.3 is 0 Å². The van der Waals surface area contributed by atoms with E-state index in [-0.39, 0.29) is 0 Å². The van der Waals surface area contributed by atoms with Gasteiger partial charge in [-0.05, 0) is 89.0 Å². The van der Waals surface area contributed by atoms with Crippen LogP contribution in [0.4, 0.5) is 11.4 Å². The molecule has 0 aromatic heterocycles. The molecule has 1 aliphatic rings. The summed E-state index contributed by atoms with van der Waals surface area (Å²) >= 11 is 0. The van der Waals surface area contributed by atoms with Gasteiger partial charge in [-0.2, -0.15) is 0 Å². The van der Waals surface area contributed by atoms with Crippen LogP contribution >= 0.6 is 0 Å². The standard InChI is InChI=1S/C26H39N3/c1-5-27(6-2)24-16-12-22(13-17-24)26(29-20-10-9-11-21-29)23-14-18-25(19-15-23)28(7-3)8-4/h12-19,26H,5-11,20-21H2,1-4H3. The zero-order chi connectivity index (χ0) is 20.6. The van der Waals surface area contributed by atoms with Crippen LogP contribution in [0.5, 0.6) is 0 Å². The van der Waals surface area contributed by atoms with Gasteiger partial charge < -0.3 is 9.80 Å². The van der Waals surface area contributed by atoms with E-state index in [1.54, 1.807) is 0 Å². The van der Waals surface area contributed by atoms with E-state index < -0.39 is 0 Å². The first-order chi connectivity index (χ1) is 14.2. The van der Waals surface area contributed by atoms with Crippen molar-refractivity contribution in [3.8, 4) is 0 Å². The van der Waals surface area contributed by atoms with E-state index in [2.05, 4.69) is 90.9 Å². The summed E-state index contributed by atoms with van der Waals surface area (Å²) in [5.74, 6) is 0. The average Bonchev–Trinajstić information content (AvgIpc) is 2.78. The normalized spacial score (nSPS) is 14.9. The number of benzene rings is 2. The fourth-order valence-electron chi connectivity index (χ4n) is 4.70. The van der Waals surface area contributed by atoms with Crippen LogP contribution in [-0.2, 0) is 0 Å². The third-order valence-electron chi connectivity index (χ3n) is 6.43. The van der Waals surface area contributed by atoms with Crippen LogP contribution < -0.4 is 9.80 Å². The molecule has 29 heavy (non-hydrogen) atoms. The third kappa shape index (κ3) is 5.14. The number of nitrogens with zero attached hydrogens (tertiary/aromatic N) is 3. The predicted molar refractivity (Wildman–Crippen MR) is 127 cm³/mol. The van der Waals surface area contributed by atoms with Gasteiger partial charge in [0.05, 0.1) is 6.04 Å². The van der Waals surface area contributed by atoms with Crippen LogP contribution in [0.25, 0.3) is 0 Å². The largest absolute Gasteiger partial charge is 0.372 e. The minimum Gasteiger partial charge on any atom is -0.372 e. The van der Waals surface area contributed by atoms with Crippen LogP contribution in [-0.4, -0.2) is 44.2 Å². The van der Waals surface area contributed by atoms with Crippen LogP contribution in [0, 0.1) is 0 Å². The SMILES string of the molecule is CCN(CC)c1ccc(C(c2ccc(N(CC)CC)cc2)N2CCCCC2)cc1. The Kier molecular flexibility index (Phi) is 8.00. The van der Waals surface area contributed by atoms with E-state index in [0.29, 0.717) is 6.04 Å². The van der Waals surface area contributed by atoms with Gasteiger partial charge in [-0.3, -0.25) is 4.90 Å². The quantitative estimate of drug-likeness (QED) is 0.521. The number of likely N-dealkylation sites (tertiary alicyclic amines) is 1. The number of hydrogen-bond acceptors (Lipinski definition) is 3. The first-order valence-electron chi connectivity index (χ1n) is 11.7. The molecule has 0 radical (unpaired) electrons. The van der Waals surface area contributed by atoms with E-state index in [1.807, 2.05) is 0 Å². The molecule has 1 fully saturated rings. The summed E-state index contributed by atoms with van der Waals surface area (Å²) in [6, 6.07) is 19.0. The second-order valence-corrected chi connectivity index (χ2v) is 8.03. The van der Waals surface area contributed by atoms with Crippen molar-refractivity contribution in [2.45, 2.75) is 53.0 Å². The molecule has 0 aliphatic carbocycles. The molecule has 3 heteroatoms. The van der Waals surface area contributed by atoms with Crippen molar-refractivity contribution in [2.75, 3.05) is 49.1 Å². The molecule has 0 N–H and O–H groups in total. The molecule has 2 aromatic carbocycles. The van der Waals surface area contributed by atoms with Gasteiger partial charge in [-0.1, -0.05) is 30.7 Å². The molecule has 0 spiro atoms. The summed E-state index contributed by atoms with van der Waals surface area (Å²) in [5, 5.41) is 0. The number of piperidine rings is 1. The van der Waals surface area contributed by atoms with Crippen molar-refractivity contribution in [1.29, 1.82) is 0 Å². The predicted octanol–water partition coefficient (Wildman–Crippen LogP) is 5.95. The van der Waals surface area contributed by atoms with Crippen molar-refractivity contribution in [1.82, 2.24) is 4.90 Å². The zero-order valence-corrected chi connectivity index (χ0v) is 18.9. The average molecular weight is 394 g/mol. The fraction of sp³-hybridized carbons (Fsp3) is 0.538. The maximum atomic E-state index is 2.68. The highest BCUT2D eigenvalue weighted by atomic mass is 15.2. The first-order valence-corrected chi connectivity index (χ1v) is 11.7. The van der Waals surface area contributed by atoms with Gasteiger partial charge in [0, 0.05) is 37.6 Å². The third-order valence-corrected chi connectivity index (χ3v) is 6.43. The molecule has 2 aromatic rings. The van der Waals surface area contributed by atoms with Crippen molar-refractivity contribution in [3.63, 3.8) is 0 Å². The van der Waals surface area contributed by atoms with Crippen LogP contribution in [0.3, 0.4) is 0 Å². The molecular formula is C26H39N3. The van der Waals surface area contributed by atoms with Gasteiger partial charge in [-0.25, -0.2) is 0 Å². The number of hydrogen-bond donors (Lipinski definition) is 0. The van der Waals surface area contributed by atoms with Crippen LogP contribution in [0.2, 0.25) is 0 Å². The molecule has 3 rings (SSSR count). The monoisotopic (exact) mass is 393 g/mol. The lowest BCUT2D eigenvalue weighted by molar-refractivity contribution is 0.187. The Balaban J connectivity index is 1.91. The number of rotatable bonds is 9. The maximum Gasteiger partial charge on any atom is 0.0601 e. The Morgan fingerprint density at radius 2 is 1.00 bits per heavy atom. The van der Waals surface area contributed by atoms with Gasteiger partial charge in [0.1, 0.15) is 0 Å². The molecule has 0 bridgehead atoms. The lowest BCUT2D eigenvalue weighted by Gasteiger charge is -2.36. The lowest BCUT2D eigenvalue weighted by Crippen LogP contribution is -2.34. The second-order valence-electron chi connectivity index (χ2n) is 8.03. The summed E-state index contributed by atoms with van der Waals surface area (Å²) in [6.45, 7) is 15.5. The van der Waals surface area contributed by atoms with E-state index in [9.17, 15) is 0 Å². The lowest BCUT2D eigenvalue weighted by atomic mass is 9.94. The zero-order valence-electron chi connectivity index (χ0n) is 18.9. The van der Waals surface area contributed by atoms with Crippen LogP contribution in [0.15, 0.2) is 48.5 Å². The highest BCUT2D eigenvalue weighted by molar-refractivity contribution is 5.51.